The van der Waals surface area contributed by atoms with Gasteiger partial charge in [0.05, 0.1) is 12.3 Å². The quantitative estimate of drug-likeness (QED) is 0.885. The Bertz CT molecular complexity index is 664. The fourth-order valence-electron chi connectivity index (χ4n) is 2.65. The van der Waals surface area contributed by atoms with Crippen molar-refractivity contribution in [3.63, 3.8) is 0 Å². The van der Waals surface area contributed by atoms with Gasteiger partial charge in [-0.2, -0.15) is 0 Å². The fourth-order valence-corrected chi connectivity index (χ4v) is 2.65. The molecule has 124 valence electrons. The number of aromatic nitrogens is 3. The van der Waals surface area contributed by atoms with Crippen molar-refractivity contribution < 1.29 is 4.74 Å². The van der Waals surface area contributed by atoms with E-state index in [1.54, 1.807) is 12.4 Å². The van der Waals surface area contributed by atoms with Crippen molar-refractivity contribution in [3.05, 3.63) is 35.9 Å². The maximum Gasteiger partial charge on any atom is 0.216 e. The molecule has 0 saturated heterocycles. The third-order valence-electron chi connectivity index (χ3n) is 3.48. The Kier molecular flexibility index (Phi) is 5.31. The highest BCUT2D eigenvalue weighted by Crippen LogP contribution is 2.23. The van der Waals surface area contributed by atoms with Gasteiger partial charge in [0.1, 0.15) is 5.82 Å². The van der Waals surface area contributed by atoms with E-state index in [0.29, 0.717) is 18.4 Å². The molecule has 23 heavy (non-hydrogen) atoms. The smallest absolute Gasteiger partial charge is 0.216 e. The SMILES string of the molecule is Cc1nccc(-c2cnc(OC[C@H](C)CC(C)(C)N)c(C)c2)n1. The zero-order valence-corrected chi connectivity index (χ0v) is 14.6. The van der Waals surface area contributed by atoms with E-state index < -0.39 is 0 Å². The van der Waals surface area contributed by atoms with Crippen molar-refractivity contribution in [1.82, 2.24) is 15.0 Å². The summed E-state index contributed by atoms with van der Waals surface area (Å²) in [5, 5.41) is 0. The van der Waals surface area contributed by atoms with Crippen molar-refractivity contribution in [2.24, 2.45) is 11.7 Å². The summed E-state index contributed by atoms with van der Waals surface area (Å²) >= 11 is 0. The molecule has 0 amide bonds. The van der Waals surface area contributed by atoms with Crippen LogP contribution in [0.2, 0.25) is 0 Å². The molecular formula is C18H26N4O. The van der Waals surface area contributed by atoms with E-state index in [-0.39, 0.29) is 5.54 Å². The third kappa shape index (κ3) is 5.28. The van der Waals surface area contributed by atoms with E-state index in [1.807, 2.05) is 39.8 Å². The first kappa shape index (κ1) is 17.3. The first-order chi connectivity index (χ1) is 10.7. The van der Waals surface area contributed by atoms with Crippen molar-refractivity contribution >= 4 is 0 Å². The zero-order valence-electron chi connectivity index (χ0n) is 14.6. The number of nitrogens with zero attached hydrogens (tertiary/aromatic N) is 3. The summed E-state index contributed by atoms with van der Waals surface area (Å²) in [7, 11) is 0. The Hall–Kier alpha value is -2.01. The molecule has 0 fully saturated rings. The number of rotatable bonds is 6. The summed E-state index contributed by atoms with van der Waals surface area (Å²) in [4.78, 5) is 13.0. The topological polar surface area (TPSA) is 73.9 Å². The minimum absolute atomic E-state index is 0.181. The summed E-state index contributed by atoms with van der Waals surface area (Å²) in [5.74, 6) is 1.79. The van der Waals surface area contributed by atoms with E-state index in [1.165, 1.54) is 0 Å². The Morgan fingerprint density at radius 2 is 2.00 bits per heavy atom. The number of ether oxygens (including phenoxy) is 1. The molecule has 2 heterocycles. The molecular weight excluding hydrogens is 288 g/mol. The molecule has 2 aromatic heterocycles. The van der Waals surface area contributed by atoms with Gasteiger partial charge in [0.15, 0.2) is 0 Å². The van der Waals surface area contributed by atoms with Crippen molar-refractivity contribution in [2.75, 3.05) is 6.61 Å². The van der Waals surface area contributed by atoms with Gasteiger partial charge in [-0.05, 0) is 52.2 Å². The van der Waals surface area contributed by atoms with Gasteiger partial charge < -0.3 is 10.5 Å². The molecule has 0 spiro atoms. The second-order valence-corrected chi connectivity index (χ2v) is 6.94. The number of hydrogen-bond donors (Lipinski definition) is 1. The van der Waals surface area contributed by atoms with Gasteiger partial charge in [0.25, 0.3) is 0 Å². The molecule has 0 aromatic carbocycles. The van der Waals surface area contributed by atoms with Crippen LogP contribution in [0.1, 0.15) is 38.6 Å². The van der Waals surface area contributed by atoms with E-state index in [0.717, 1.165) is 29.1 Å². The minimum atomic E-state index is -0.181. The molecule has 2 N–H and O–H groups in total. The largest absolute Gasteiger partial charge is 0.477 e. The minimum Gasteiger partial charge on any atom is -0.477 e. The predicted octanol–water partition coefficient (Wildman–Crippen LogP) is 3.30. The van der Waals surface area contributed by atoms with E-state index in [4.69, 9.17) is 10.5 Å². The maximum absolute atomic E-state index is 6.05. The summed E-state index contributed by atoms with van der Waals surface area (Å²) in [6.45, 7) is 10.7. The molecule has 0 saturated carbocycles. The summed E-state index contributed by atoms with van der Waals surface area (Å²) in [6, 6.07) is 3.93. The molecule has 0 aliphatic carbocycles. The predicted molar refractivity (Wildman–Crippen MR) is 92.3 cm³/mol. The lowest BCUT2D eigenvalue weighted by Crippen LogP contribution is -2.35. The highest BCUT2D eigenvalue weighted by molar-refractivity contribution is 5.59. The molecule has 5 heteroatoms. The Morgan fingerprint density at radius 1 is 1.26 bits per heavy atom. The summed E-state index contributed by atoms with van der Waals surface area (Å²) in [5.41, 5.74) is 8.71. The number of pyridine rings is 1. The maximum atomic E-state index is 6.05. The lowest BCUT2D eigenvalue weighted by Gasteiger charge is -2.23. The number of hydrogen-bond acceptors (Lipinski definition) is 5. The first-order valence-electron chi connectivity index (χ1n) is 7.93. The van der Waals surface area contributed by atoms with Gasteiger partial charge in [-0.25, -0.2) is 15.0 Å². The molecule has 0 unspecified atom stereocenters. The molecule has 0 bridgehead atoms. The molecule has 1 atom stereocenters. The molecule has 0 aliphatic heterocycles. The van der Waals surface area contributed by atoms with Crippen LogP contribution >= 0.6 is 0 Å². The lowest BCUT2D eigenvalue weighted by atomic mass is 9.93. The van der Waals surface area contributed by atoms with Crippen LogP contribution in [0.15, 0.2) is 24.5 Å². The van der Waals surface area contributed by atoms with E-state index >= 15 is 0 Å². The van der Waals surface area contributed by atoms with Gasteiger partial charge in [0, 0.05) is 29.1 Å². The van der Waals surface area contributed by atoms with Gasteiger partial charge >= 0.3 is 0 Å². The molecule has 0 aliphatic rings. The standard InChI is InChI=1S/C18H26N4O/c1-12(9-18(4,5)19)11-23-17-13(2)8-15(10-21-17)16-6-7-20-14(3)22-16/h6-8,10,12H,9,11,19H2,1-5H3/t12-/m1/s1. The normalized spacial score (nSPS) is 13.0. The van der Waals surface area contributed by atoms with Gasteiger partial charge in [-0.3, -0.25) is 0 Å². The van der Waals surface area contributed by atoms with Crippen LogP contribution in [0.25, 0.3) is 11.3 Å². The monoisotopic (exact) mass is 314 g/mol. The highest BCUT2D eigenvalue weighted by Gasteiger charge is 2.16. The highest BCUT2D eigenvalue weighted by atomic mass is 16.5. The molecule has 2 aromatic rings. The Morgan fingerprint density at radius 3 is 2.61 bits per heavy atom. The average Bonchev–Trinajstić information content (AvgIpc) is 2.44. The average molecular weight is 314 g/mol. The molecule has 2 rings (SSSR count). The van der Waals surface area contributed by atoms with Crippen LogP contribution in [0.4, 0.5) is 0 Å². The number of aryl methyl sites for hydroxylation is 2. The van der Waals surface area contributed by atoms with Crippen LogP contribution in [0, 0.1) is 19.8 Å². The molecule has 0 radical (unpaired) electrons. The fraction of sp³-hybridized carbons (Fsp3) is 0.500. The second-order valence-electron chi connectivity index (χ2n) is 6.94. The summed E-state index contributed by atoms with van der Waals surface area (Å²) in [6.07, 6.45) is 4.46. The third-order valence-corrected chi connectivity index (χ3v) is 3.48. The number of nitrogens with two attached hydrogens (primary N) is 1. The van der Waals surface area contributed by atoms with Crippen molar-refractivity contribution in [2.45, 2.75) is 46.6 Å². The van der Waals surface area contributed by atoms with Crippen LogP contribution in [0.5, 0.6) is 5.88 Å². The lowest BCUT2D eigenvalue weighted by molar-refractivity contribution is 0.221. The van der Waals surface area contributed by atoms with E-state index in [2.05, 4.69) is 21.9 Å². The van der Waals surface area contributed by atoms with Crippen LogP contribution in [0.3, 0.4) is 0 Å². The van der Waals surface area contributed by atoms with E-state index in [9.17, 15) is 0 Å². The van der Waals surface area contributed by atoms with Gasteiger partial charge in [0.2, 0.25) is 5.88 Å². The van der Waals surface area contributed by atoms with Gasteiger partial charge in [-0.1, -0.05) is 6.92 Å². The van der Waals surface area contributed by atoms with Crippen molar-refractivity contribution in [3.8, 4) is 17.1 Å². The summed E-state index contributed by atoms with van der Waals surface area (Å²) < 4.78 is 5.86. The van der Waals surface area contributed by atoms with Crippen LogP contribution < -0.4 is 10.5 Å². The zero-order chi connectivity index (χ0) is 17.0. The Labute approximate surface area is 138 Å². The van der Waals surface area contributed by atoms with Gasteiger partial charge in [-0.15, -0.1) is 0 Å². The Balaban J connectivity index is 2.05. The molecule has 5 nitrogen and oxygen atoms in total. The van der Waals surface area contributed by atoms with Crippen LogP contribution in [-0.4, -0.2) is 27.1 Å². The first-order valence-corrected chi connectivity index (χ1v) is 7.93. The second kappa shape index (κ2) is 7.04. The van der Waals surface area contributed by atoms with Crippen molar-refractivity contribution in [1.29, 1.82) is 0 Å². The van der Waals surface area contributed by atoms with Crippen LogP contribution in [-0.2, 0) is 0 Å².